The predicted molar refractivity (Wildman–Crippen MR) is 86.7 cm³/mol. The smallest absolute Gasteiger partial charge is 0.238 e. The normalized spacial score (nSPS) is 14.2. The van der Waals surface area contributed by atoms with E-state index in [1.165, 1.54) is 6.33 Å². The Hall–Kier alpha value is -1.96. The molecule has 7 nitrogen and oxygen atoms in total. The molecule has 0 atom stereocenters. The van der Waals surface area contributed by atoms with Crippen molar-refractivity contribution in [2.24, 2.45) is 0 Å². The molecule has 0 bridgehead atoms. The molecule has 23 heavy (non-hydrogen) atoms. The Morgan fingerprint density at radius 2 is 2.30 bits per heavy atom. The Balaban J connectivity index is 1.73. The van der Waals surface area contributed by atoms with E-state index in [0.29, 0.717) is 29.0 Å². The van der Waals surface area contributed by atoms with Gasteiger partial charge in [0, 0.05) is 17.6 Å². The quantitative estimate of drug-likeness (QED) is 0.797. The fourth-order valence-electron chi connectivity index (χ4n) is 2.47. The van der Waals surface area contributed by atoms with E-state index in [9.17, 15) is 4.79 Å². The lowest BCUT2D eigenvalue weighted by atomic mass is 10.2. The first-order valence-electron chi connectivity index (χ1n) is 7.46. The number of benzene rings is 1. The maximum absolute atomic E-state index is 12.3. The van der Waals surface area contributed by atoms with Crippen molar-refractivity contribution in [3.05, 3.63) is 35.9 Å². The van der Waals surface area contributed by atoms with E-state index in [1.807, 2.05) is 4.90 Å². The van der Waals surface area contributed by atoms with Crippen molar-refractivity contribution in [2.45, 2.75) is 18.9 Å². The lowest BCUT2D eigenvalue weighted by Crippen LogP contribution is -2.37. The molecule has 1 aliphatic rings. The summed E-state index contributed by atoms with van der Waals surface area (Å²) < 4.78 is 1.57. The average molecular weight is 336 g/mol. The highest BCUT2D eigenvalue weighted by Crippen LogP contribution is 2.27. The van der Waals surface area contributed by atoms with E-state index in [4.69, 9.17) is 16.7 Å². The van der Waals surface area contributed by atoms with E-state index < -0.39 is 0 Å². The second kappa shape index (κ2) is 7.08. The van der Waals surface area contributed by atoms with Gasteiger partial charge in [-0.05, 0) is 31.0 Å². The molecule has 0 saturated heterocycles. The maximum atomic E-state index is 12.3. The van der Waals surface area contributed by atoms with Crippen LogP contribution in [0, 0.1) is 0 Å². The highest BCUT2D eigenvalue weighted by Gasteiger charge is 2.29. The second-order valence-corrected chi connectivity index (χ2v) is 5.91. The largest absolute Gasteiger partial charge is 0.395 e. The Bertz CT molecular complexity index is 673. The highest BCUT2D eigenvalue weighted by atomic mass is 35.5. The summed E-state index contributed by atoms with van der Waals surface area (Å²) >= 11 is 6.04. The molecule has 1 fully saturated rings. The van der Waals surface area contributed by atoms with Crippen LogP contribution < -0.4 is 5.32 Å². The molecule has 3 rings (SSSR count). The van der Waals surface area contributed by atoms with Gasteiger partial charge in [0.2, 0.25) is 5.91 Å². The van der Waals surface area contributed by atoms with Crippen molar-refractivity contribution < 1.29 is 9.90 Å². The monoisotopic (exact) mass is 335 g/mol. The number of halogens is 1. The molecule has 122 valence electrons. The minimum absolute atomic E-state index is 0.0468. The number of carbonyl (C=O) groups excluding carboxylic acids is 1. The van der Waals surface area contributed by atoms with Crippen molar-refractivity contribution >= 4 is 23.2 Å². The zero-order valence-corrected chi connectivity index (χ0v) is 13.3. The fourth-order valence-corrected chi connectivity index (χ4v) is 2.65. The van der Waals surface area contributed by atoms with Crippen LogP contribution in [0.1, 0.15) is 12.8 Å². The van der Waals surface area contributed by atoms with E-state index in [0.717, 1.165) is 12.8 Å². The number of aromatic nitrogens is 3. The third-order valence-electron chi connectivity index (χ3n) is 3.70. The molecular weight excluding hydrogens is 318 g/mol. The molecule has 0 unspecified atom stereocenters. The highest BCUT2D eigenvalue weighted by molar-refractivity contribution is 6.31. The molecule has 1 aromatic carbocycles. The summed E-state index contributed by atoms with van der Waals surface area (Å²) in [5.74, 6) is -0.144. The van der Waals surface area contributed by atoms with Gasteiger partial charge in [-0.25, -0.2) is 9.67 Å². The third kappa shape index (κ3) is 4.07. The SMILES string of the molecule is O=C(CN(CCO)C1CC1)Nc1cc(Cl)ccc1-n1cncn1. The molecule has 2 N–H and O–H groups in total. The van der Waals surface area contributed by atoms with E-state index in [2.05, 4.69) is 15.4 Å². The van der Waals surface area contributed by atoms with Crippen molar-refractivity contribution in [2.75, 3.05) is 25.0 Å². The van der Waals surface area contributed by atoms with Gasteiger partial charge in [0.25, 0.3) is 0 Å². The minimum atomic E-state index is -0.144. The van der Waals surface area contributed by atoms with Crippen LogP contribution in [-0.4, -0.2) is 56.4 Å². The third-order valence-corrected chi connectivity index (χ3v) is 3.93. The molecule has 1 aromatic heterocycles. The predicted octanol–water partition coefficient (Wildman–Crippen LogP) is 1.32. The number of hydrogen-bond acceptors (Lipinski definition) is 5. The Labute approximate surface area is 138 Å². The fraction of sp³-hybridized carbons (Fsp3) is 0.400. The molecule has 1 heterocycles. The molecule has 0 aliphatic heterocycles. The number of aliphatic hydroxyl groups excluding tert-OH is 1. The molecule has 1 amide bonds. The van der Waals surface area contributed by atoms with Gasteiger partial charge in [0.15, 0.2) is 0 Å². The van der Waals surface area contributed by atoms with Crippen LogP contribution in [0.4, 0.5) is 5.69 Å². The zero-order chi connectivity index (χ0) is 16.2. The number of carbonyl (C=O) groups is 1. The summed E-state index contributed by atoms with van der Waals surface area (Å²) in [6.07, 6.45) is 5.14. The summed E-state index contributed by atoms with van der Waals surface area (Å²) in [5, 5.41) is 16.6. The summed E-state index contributed by atoms with van der Waals surface area (Å²) in [4.78, 5) is 18.3. The van der Waals surface area contributed by atoms with Crippen molar-refractivity contribution in [3.63, 3.8) is 0 Å². The topological polar surface area (TPSA) is 83.3 Å². The molecule has 0 radical (unpaired) electrons. The summed E-state index contributed by atoms with van der Waals surface area (Å²) in [6.45, 7) is 0.795. The minimum Gasteiger partial charge on any atom is -0.395 e. The summed E-state index contributed by atoms with van der Waals surface area (Å²) in [7, 11) is 0. The van der Waals surface area contributed by atoms with Crippen LogP contribution in [0.2, 0.25) is 5.02 Å². The van der Waals surface area contributed by atoms with Gasteiger partial charge in [-0.1, -0.05) is 11.6 Å². The molecule has 0 spiro atoms. The number of rotatable bonds is 7. The first-order valence-corrected chi connectivity index (χ1v) is 7.84. The van der Waals surface area contributed by atoms with Gasteiger partial charge in [-0.2, -0.15) is 5.10 Å². The van der Waals surface area contributed by atoms with Gasteiger partial charge in [-0.3, -0.25) is 9.69 Å². The first-order chi connectivity index (χ1) is 11.2. The lowest BCUT2D eigenvalue weighted by molar-refractivity contribution is -0.117. The maximum Gasteiger partial charge on any atom is 0.238 e. The Morgan fingerprint density at radius 1 is 1.48 bits per heavy atom. The van der Waals surface area contributed by atoms with Gasteiger partial charge in [0.1, 0.15) is 12.7 Å². The summed E-state index contributed by atoms with van der Waals surface area (Å²) in [6, 6.07) is 5.60. The molecular formula is C15H18ClN5O2. The van der Waals surface area contributed by atoms with Gasteiger partial charge < -0.3 is 10.4 Å². The van der Waals surface area contributed by atoms with Crippen LogP contribution in [0.25, 0.3) is 5.69 Å². The standard InChI is InChI=1S/C15H18ClN5O2/c16-11-1-4-14(21-10-17-9-18-21)13(7-11)19-15(23)8-20(5-6-22)12-2-3-12/h1,4,7,9-10,12,22H,2-3,5-6,8H2,(H,19,23). The van der Waals surface area contributed by atoms with Crippen LogP contribution in [0.5, 0.6) is 0 Å². The second-order valence-electron chi connectivity index (χ2n) is 5.47. The number of aliphatic hydroxyl groups is 1. The zero-order valence-electron chi connectivity index (χ0n) is 12.5. The number of nitrogens with zero attached hydrogens (tertiary/aromatic N) is 4. The van der Waals surface area contributed by atoms with E-state index >= 15 is 0 Å². The number of nitrogens with one attached hydrogen (secondary N) is 1. The lowest BCUT2D eigenvalue weighted by Gasteiger charge is -2.20. The van der Waals surface area contributed by atoms with E-state index in [1.54, 1.807) is 29.2 Å². The molecule has 1 aliphatic carbocycles. The number of anilines is 1. The van der Waals surface area contributed by atoms with Gasteiger partial charge >= 0.3 is 0 Å². The van der Waals surface area contributed by atoms with Crippen LogP contribution >= 0.6 is 11.6 Å². The van der Waals surface area contributed by atoms with Crippen LogP contribution in [0.3, 0.4) is 0 Å². The number of hydrogen-bond donors (Lipinski definition) is 2. The van der Waals surface area contributed by atoms with Crippen LogP contribution in [-0.2, 0) is 4.79 Å². The summed E-state index contributed by atoms with van der Waals surface area (Å²) in [5.41, 5.74) is 1.27. The first kappa shape index (κ1) is 15.9. The van der Waals surface area contributed by atoms with E-state index in [-0.39, 0.29) is 19.1 Å². The number of amides is 1. The average Bonchev–Trinajstić information content (AvgIpc) is 3.23. The van der Waals surface area contributed by atoms with Crippen LogP contribution in [0.15, 0.2) is 30.9 Å². The van der Waals surface area contributed by atoms with Crippen molar-refractivity contribution in [1.82, 2.24) is 19.7 Å². The van der Waals surface area contributed by atoms with Crippen molar-refractivity contribution in [3.8, 4) is 5.69 Å². The van der Waals surface area contributed by atoms with Crippen molar-refractivity contribution in [1.29, 1.82) is 0 Å². The molecule has 1 saturated carbocycles. The van der Waals surface area contributed by atoms with Gasteiger partial charge in [0.05, 0.1) is 24.5 Å². The molecule has 8 heteroatoms. The van der Waals surface area contributed by atoms with Gasteiger partial charge in [-0.15, -0.1) is 0 Å². The Morgan fingerprint density at radius 3 is 2.96 bits per heavy atom. The molecule has 2 aromatic rings. The Kier molecular flexibility index (Phi) is 4.90.